The van der Waals surface area contributed by atoms with E-state index in [0.29, 0.717) is 13.0 Å². The molecule has 0 aliphatic carbocycles. The number of halogens is 3. The minimum Gasteiger partial charge on any atom is -0.365 e. The Balaban J connectivity index is 1.95. The highest BCUT2D eigenvalue weighted by Crippen LogP contribution is 2.41. The summed E-state index contributed by atoms with van der Waals surface area (Å²) >= 11 is 0. The SMILES string of the molecule is COC1(C(F)(F)F)CN(C(=O)[C@H]2CCNC2)C1. The van der Waals surface area contributed by atoms with Gasteiger partial charge in [0.1, 0.15) is 0 Å². The normalized spacial score (nSPS) is 28.0. The Hall–Kier alpha value is -0.820. The first-order valence-electron chi connectivity index (χ1n) is 5.51. The van der Waals surface area contributed by atoms with Crippen molar-refractivity contribution in [3.05, 3.63) is 0 Å². The molecule has 98 valence electrons. The van der Waals surface area contributed by atoms with E-state index in [-0.39, 0.29) is 24.9 Å². The number of methoxy groups -OCH3 is 1. The van der Waals surface area contributed by atoms with Crippen molar-refractivity contribution in [2.24, 2.45) is 5.92 Å². The molecule has 1 N–H and O–H groups in total. The van der Waals surface area contributed by atoms with Gasteiger partial charge in [-0.2, -0.15) is 13.2 Å². The van der Waals surface area contributed by atoms with Gasteiger partial charge in [0.2, 0.25) is 5.91 Å². The highest BCUT2D eigenvalue weighted by Gasteiger charge is 2.64. The van der Waals surface area contributed by atoms with Crippen molar-refractivity contribution in [3.63, 3.8) is 0 Å². The molecule has 2 aliphatic rings. The van der Waals surface area contributed by atoms with Gasteiger partial charge in [-0.05, 0) is 13.0 Å². The summed E-state index contributed by atoms with van der Waals surface area (Å²) in [6.07, 6.45) is -3.73. The molecule has 2 heterocycles. The summed E-state index contributed by atoms with van der Waals surface area (Å²) in [4.78, 5) is 13.1. The van der Waals surface area contributed by atoms with Gasteiger partial charge in [0.15, 0.2) is 5.60 Å². The van der Waals surface area contributed by atoms with Gasteiger partial charge in [-0.15, -0.1) is 0 Å². The lowest BCUT2D eigenvalue weighted by molar-refractivity contribution is -0.307. The largest absolute Gasteiger partial charge is 0.420 e. The second-order valence-corrected chi connectivity index (χ2v) is 4.58. The van der Waals surface area contributed by atoms with E-state index >= 15 is 0 Å². The second-order valence-electron chi connectivity index (χ2n) is 4.58. The summed E-state index contributed by atoms with van der Waals surface area (Å²) in [5.41, 5.74) is -2.16. The first-order chi connectivity index (χ1) is 7.89. The maximum Gasteiger partial charge on any atom is 0.420 e. The minimum absolute atomic E-state index is 0.182. The highest BCUT2D eigenvalue weighted by atomic mass is 19.4. The topological polar surface area (TPSA) is 41.6 Å². The molecule has 2 fully saturated rings. The number of alkyl halides is 3. The summed E-state index contributed by atoms with van der Waals surface area (Å²) in [5.74, 6) is -0.384. The van der Waals surface area contributed by atoms with Crippen molar-refractivity contribution in [1.82, 2.24) is 10.2 Å². The van der Waals surface area contributed by atoms with Gasteiger partial charge < -0.3 is 15.0 Å². The van der Waals surface area contributed by atoms with E-state index in [9.17, 15) is 18.0 Å². The standard InChI is InChI=1S/C10H15F3N2O2/c1-17-9(10(11,12)13)5-15(6-9)8(16)7-2-3-14-4-7/h7,14H,2-6H2,1H3/t7-/m0/s1. The number of amides is 1. The van der Waals surface area contributed by atoms with Crippen LogP contribution in [0.15, 0.2) is 0 Å². The number of nitrogens with zero attached hydrogens (tertiary/aromatic N) is 1. The first kappa shape index (κ1) is 12.6. The molecule has 4 nitrogen and oxygen atoms in total. The van der Waals surface area contributed by atoms with Gasteiger partial charge in [-0.3, -0.25) is 4.79 Å². The first-order valence-corrected chi connectivity index (χ1v) is 5.51. The van der Waals surface area contributed by atoms with Crippen LogP contribution in [0.1, 0.15) is 6.42 Å². The Morgan fingerprint density at radius 1 is 1.47 bits per heavy atom. The Morgan fingerprint density at radius 2 is 2.12 bits per heavy atom. The molecule has 7 heteroatoms. The number of hydrogen-bond donors (Lipinski definition) is 1. The van der Waals surface area contributed by atoms with Crippen molar-refractivity contribution in [1.29, 1.82) is 0 Å². The van der Waals surface area contributed by atoms with Gasteiger partial charge in [0.05, 0.1) is 19.0 Å². The summed E-state index contributed by atoms with van der Waals surface area (Å²) in [6, 6.07) is 0. The molecule has 0 unspecified atom stereocenters. The Kier molecular flexibility index (Phi) is 3.07. The molecule has 1 atom stereocenters. The number of ether oxygens (including phenoxy) is 1. The molecule has 0 aromatic heterocycles. The summed E-state index contributed by atoms with van der Waals surface area (Å²) in [6.45, 7) is 0.533. The molecule has 2 saturated heterocycles. The van der Waals surface area contributed by atoms with E-state index < -0.39 is 11.8 Å². The third-order valence-electron chi connectivity index (χ3n) is 3.52. The van der Waals surface area contributed by atoms with Gasteiger partial charge >= 0.3 is 6.18 Å². The number of hydrogen-bond acceptors (Lipinski definition) is 3. The Morgan fingerprint density at radius 3 is 2.53 bits per heavy atom. The van der Waals surface area contributed by atoms with Crippen LogP contribution in [-0.4, -0.2) is 55.9 Å². The minimum atomic E-state index is -4.42. The van der Waals surface area contributed by atoms with Crippen molar-refractivity contribution >= 4 is 5.91 Å². The van der Waals surface area contributed by atoms with Crippen molar-refractivity contribution < 1.29 is 22.7 Å². The zero-order valence-corrected chi connectivity index (χ0v) is 9.51. The monoisotopic (exact) mass is 252 g/mol. The zero-order valence-electron chi connectivity index (χ0n) is 9.51. The van der Waals surface area contributed by atoms with Crippen molar-refractivity contribution in [2.75, 3.05) is 33.3 Å². The Bertz CT molecular complexity index is 307. The smallest absolute Gasteiger partial charge is 0.365 e. The van der Waals surface area contributed by atoms with Crippen LogP contribution in [0.25, 0.3) is 0 Å². The molecule has 2 aliphatic heterocycles. The predicted molar refractivity (Wildman–Crippen MR) is 53.4 cm³/mol. The maximum atomic E-state index is 12.7. The summed E-state index contributed by atoms with van der Waals surface area (Å²) in [5, 5.41) is 3.02. The molecule has 0 saturated carbocycles. The van der Waals surface area contributed by atoms with E-state index in [1.807, 2.05) is 0 Å². The number of nitrogens with one attached hydrogen (secondary N) is 1. The van der Waals surface area contributed by atoms with E-state index in [1.54, 1.807) is 0 Å². The van der Waals surface area contributed by atoms with Crippen LogP contribution in [0, 0.1) is 5.92 Å². The fourth-order valence-corrected chi connectivity index (χ4v) is 2.27. The molecule has 0 aromatic carbocycles. The molecule has 2 rings (SSSR count). The van der Waals surface area contributed by atoms with Gasteiger partial charge in [0.25, 0.3) is 0 Å². The van der Waals surface area contributed by atoms with E-state index in [0.717, 1.165) is 13.7 Å². The van der Waals surface area contributed by atoms with Gasteiger partial charge in [0, 0.05) is 13.7 Å². The number of carbonyl (C=O) groups excluding carboxylic acids is 1. The Labute approximate surface area is 97.1 Å². The summed E-state index contributed by atoms with van der Waals surface area (Å²) < 4.78 is 42.6. The third-order valence-corrected chi connectivity index (χ3v) is 3.52. The number of carbonyl (C=O) groups is 1. The maximum absolute atomic E-state index is 12.7. The third kappa shape index (κ3) is 2.01. The number of rotatable bonds is 2. The van der Waals surface area contributed by atoms with Crippen LogP contribution < -0.4 is 5.32 Å². The zero-order chi connectivity index (χ0) is 12.7. The second kappa shape index (κ2) is 4.13. The summed E-state index contributed by atoms with van der Waals surface area (Å²) in [7, 11) is 1.03. The molecule has 0 bridgehead atoms. The van der Waals surface area contributed by atoms with Gasteiger partial charge in [-0.25, -0.2) is 0 Å². The molecule has 1 amide bonds. The van der Waals surface area contributed by atoms with Crippen molar-refractivity contribution in [2.45, 2.75) is 18.2 Å². The molecule has 0 spiro atoms. The van der Waals surface area contributed by atoms with E-state index in [2.05, 4.69) is 10.1 Å². The molecule has 0 aromatic rings. The lowest BCUT2D eigenvalue weighted by Gasteiger charge is -2.49. The van der Waals surface area contributed by atoms with Crippen molar-refractivity contribution in [3.8, 4) is 0 Å². The average molecular weight is 252 g/mol. The number of likely N-dealkylation sites (tertiary alicyclic amines) is 1. The molecule has 0 radical (unpaired) electrons. The lowest BCUT2D eigenvalue weighted by atomic mass is 9.91. The molecule has 17 heavy (non-hydrogen) atoms. The van der Waals surface area contributed by atoms with Crippen LogP contribution >= 0.6 is 0 Å². The average Bonchev–Trinajstić information content (AvgIpc) is 2.66. The van der Waals surface area contributed by atoms with Crippen LogP contribution in [0.3, 0.4) is 0 Å². The van der Waals surface area contributed by atoms with Gasteiger partial charge in [-0.1, -0.05) is 0 Å². The van der Waals surface area contributed by atoms with E-state index in [1.165, 1.54) is 4.90 Å². The van der Waals surface area contributed by atoms with Crippen LogP contribution in [0.2, 0.25) is 0 Å². The van der Waals surface area contributed by atoms with Crippen LogP contribution in [-0.2, 0) is 9.53 Å². The lowest BCUT2D eigenvalue weighted by Crippen LogP contribution is -2.71. The highest BCUT2D eigenvalue weighted by molar-refractivity contribution is 5.80. The predicted octanol–water partition coefficient (Wildman–Crippen LogP) is 0.386. The van der Waals surface area contributed by atoms with Crippen LogP contribution in [0.5, 0.6) is 0 Å². The molecular formula is C10H15F3N2O2. The fraction of sp³-hybridized carbons (Fsp3) is 0.900. The van der Waals surface area contributed by atoms with E-state index in [4.69, 9.17) is 0 Å². The fourth-order valence-electron chi connectivity index (χ4n) is 2.27. The quantitative estimate of drug-likeness (QED) is 0.772. The molecular weight excluding hydrogens is 237 g/mol. The van der Waals surface area contributed by atoms with Crippen LogP contribution in [0.4, 0.5) is 13.2 Å².